The first-order valence-corrected chi connectivity index (χ1v) is 10.6. The van der Waals surface area contributed by atoms with Crippen LogP contribution in [0.3, 0.4) is 0 Å². The fraction of sp³-hybridized carbons (Fsp3) is 0.182. The van der Waals surface area contributed by atoms with Gasteiger partial charge in [0, 0.05) is 64.9 Å². The van der Waals surface area contributed by atoms with Crippen molar-refractivity contribution in [3.8, 4) is 0 Å². The summed E-state index contributed by atoms with van der Waals surface area (Å²) in [6.07, 6.45) is 7.14. The summed E-state index contributed by atoms with van der Waals surface area (Å²) < 4.78 is 3.73. The molecule has 0 aliphatic rings. The number of hydrogen-bond acceptors (Lipinski definition) is 5. The fourth-order valence-corrected chi connectivity index (χ4v) is 4.74. The molecule has 0 aliphatic carbocycles. The highest BCUT2D eigenvalue weighted by atomic mass is 32.2. The van der Waals surface area contributed by atoms with E-state index in [0.29, 0.717) is 12.2 Å². The van der Waals surface area contributed by atoms with Gasteiger partial charge in [-0.1, -0.05) is 11.8 Å². The Morgan fingerprint density at radius 2 is 2.00 bits per heavy atom. The molecule has 5 rings (SSSR count). The number of hydrogen-bond donors (Lipinski definition) is 2. The molecule has 31 heavy (non-hydrogen) atoms. The van der Waals surface area contributed by atoms with E-state index in [1.165, 1.54) is 0 Å². The number of carbonyl (C=O) groups is 1. The van der Waals surface area contributed by atoms with E-state index in [4.69, 9.17) is 0 Å². The lowest BCUT2D eigenvalue weighted by Crippen LogP contribution is -2.25. The van der Waals surface area contributed by atoms with Crippen molar-refractivity contribution < 1.29 is 4.79 Å². The number of benzene rings is 1. The maximum Gasteiger partial charge on any atom is 0.268 e. The smallest absolute Gasteiger partial charge is 0.268 e. The number of pyridine rings is 1. The zero-order valence-corrected chi connectivity index (χ0v) is 18.2. The number of nitrogens with zero attached hydrogens (tertiary/aromatic N) is 5. The summed E-state index contributed by atoms with van der Waals surface area (Å²) in [7, 11) is 3.80. The zero-order chi connectivity index (χ0) is 21.5. The van der Waals surface area contributed by atoms with Crippen LogP contribution in [0.25, 0.3) is 21.8 Å². The van der Waals surface area contributed by atoms with Gasteiger partial charge in [-0.25, -0.2) is 0 Å². The number of aromatic amines is 1. The van der Waals surface area contributed by atoms with Crippen LogP contribution in [0.4, 0.5) is 0 Å². The lowest BCUT2D eigenvalue weighted by Gasteiger charge is -2.08. The largest absolute Gasteiger partial charge is 0.347 e. The molecule has 156 valence electrons. The van der Waals surface area contributed by atoms with E-state index in [-0.39, 0.29) is 5.91 Å². The second kappa shape index (κ2) is 7.59. The van der Waals surface area contributed by atoms with E-state index >= 15 is 0 Å². The number of aromatic nitrogens is 6. The van der Waals surface area contributed by atoms with Crippen molar-refractivity contribution in [3.05, 3.63) is 66.0 Å². The summed E-state index contributed by atoms with van der Waals surface area (Å²) >= 11 is 1.64. The molecule has 9 heteroatoms. The summed E-state index contributed by atoms with van der Waals surface area (Å²) in [5.74, 6) is -0.123. The standard InChI is InChI=1S/C22H21N7OS/c1-13-20(31-17-4-5-18-14(6-17)11-25-27-18)7-19(28(13)2)22(30)24-10-15-8-23-9-16-12-26-29(3)21(15)16/h4-9,11-12H,10H2,1-3H3,(H,24,30)(H,25,27). The molecule has 4 aromatic heterocycles. The first-order valence-electron chi connectivity index (χ1n) is 9.81. The van der Waals surface area contributed by atoms with Gasteiger partial charge in [0.25, 0.3) is 5.91 Å². The molecule has 1 amide bonds. The summed E-state index contributed by atoms with van der Waals surface area (Å²) in [4.78, 5) is 19.4. The molecule has 2 N–H and O–H groups in total. The quantitative estimate of drug-likeness (QED) is 0.444. The van der Waals surface area contributed by atoms with Crippen molar-refractivity contribution in [1.29, 1.82) is 0 Å². The number of fused-ring (bicyclic) bond motifs is 2. The molecule has 0 radical (unpaired) electrons. The first kappa shape index (κ1) is 19.4. The van der Waals surface area contributed by atoms with E-state index in [2.05, 4.69) is 37.7 Å². The van der Waals surface area contributed by atoms with Crippen LogP contribution in [0.15, 0.2) is 58.8 Å². The Hall–Kier alpha value is -3.59. The minimum atomic E-state index is -0.123. The number of rotatable bonds is 5. The van der Waals surface area contributed by atoms with Crippen LogP contribution in [0.1, 0.15) is 21.7 Å². The second-order valence-electron chi connectivity index (χ2n) is 7.45. The highest BCUT2D eigenvalue weighted by molar-refractivity contribution is 7.99. The molecule has 0 fully saturated rings. The van der Waals surface area contributed by atoms with Gasteiger partial charge in [0.15, 0.2) is 0 Å². The van der Waals surface area contributed by atoms with E-state index in [9.17, 15) is 4.79 Å². The highest BCUT2D eigenvalue weighted by Gasteiger charge is 2.17. The molecule has 0 saturated carbocycles. The number of nitrogens with one attached hydrogen (secondary N) is 2. The van der Waals surface area contributed by atoms with Crippen LogP contribution >= 0.6 is 11.8 Å². The van der Waals surface area contributed by atoms with Gasteiger partial charge < -0.3 is 9.88 Å². The lowest BCUT2D eigenvalue weighted by molar-refractivity contribution is 0.0942. The van der Waals surface area contributed by atoms with Crippen molar-refractivity contribution >= 4 is 39.5 Å². The Bertz CT molecular complexity index is 1430. The van der Waals surface area contributed by atoms with Gasteiger partial charge in [0.1, 0.15) is 5.69 Å². The van der Waals surface area contributed by atoms with Crippen molar-refractivity contribution in [2.75, 3.05) is 0 Å². The number of aryl methyl sites for hydroxylation is 1. The van der Waals surface area contributed by atoms with E-state index in [1.54, 1.807) is 35.0 Å². The molecular formula is C22H21N7OS. The van der Waals surface area contributed by atoms with Crippen molar-refractivity contribution in [1.82, 2.24) is 34.8 Å². The minimum Gasteiger partial charge on any atom is -0.347 e. The average molecular weight is 432 g/mol. The maximum atomic E-state index is 13.0. The predicted octanol–water partition coefficient (Wildman–Crippen LogP) is 3.57. The van der Waals surface area contributed by atoms with Crippen LogP contribution in [0.5, 0.6) is 0 Å². The minimum absolute atomic E-state index is 0.123. The van der Waals surface area contributed by atoms with Gasteiger partial charge in [0.2, 0.25) is 0 Å². The monoisotopic (exact) mass is 431 g/mol. The Morgan fingerprint density at radius 3 is 2.87 bits per heavy atom. The van der Waals surface area contributed by atoms with Crippen LogP contribution in [-0.4, -0.2) is 35.4 Å². The Labute approximate surface area is 182 Å². The Morgan fingerprint density at radius 1 is 1.13 bits per heavy atom. The van der Waals surface area contributed by atoms with E-state index in [0.717, 1.165) is 42.9 Å². The van der Waals surface area contributed by atoms with E-state index < -0.39 is 0 Å². The topological polar surface area (TPSA) is 93.4 Å². The number of amides is 1. The Balaban J connectivity index is 1.36. The van der Waals surface area contributed by atoms with Gasteiger partial charge in [0.05, 0.1) is 23.4 Å². The predicted molar refractivity (Wildman–Crippen MR) is 120 cm³/mol. The van der Waals surface area contributed by atoms with Crippen LogP contribution in [0, 0.1) is 6.92 Å². The van der Waals surface area contributed by atoms with Crippen molar-refractivity contribution in [2.24, 2.45) is 14.1 Å². The molecule has 0 saturated heterocycles. The lowest BCUT2D eigenvalue weighted by atomic mass is 10.2. The van der Waals surface area contributed by atoms with Crippen molar-refractivity contribution in [2.45, 2.75) is 23.3 Å². The van der Waals surface area contributed by atoms with Crippen LogP contribution in [-0.2, 0) is 20.6 Å². The summed E-state index contributed by atoms with van der Waals surface area (Å²) in [5, 5.41) is 16.4. The molecular weight excluding hydrogens is 410 g/mol. The SMILES string of the molecule is Cc1c(Sc2ccc3[nH]ncc3c2)cc(C(=O)NCc2cncc3cnn(C)c23)n1C. The maximum absolute atomic E-state index is 13.0. The van der Waals surface area contributed by atoms with Gasteiger partial charge >= 0.3 is 0 Å². The third kappa shape index (κ3) is 3.46. The third-order valence-corrected chi connectivity index (χ3v) is 6.64. The van der Waals surface area contributed by atoms with Gasteiger partial charge in [-0.05, 0) is 31.2 Å². The van der Waals surface area contributed by atoms with Gasteiger partial charge in [-0.3, -0.25) is 19.6 Å². The summed E-state index contributed by atoms with van der Waals surface area (Å²) in [5.41, 5.74) is 4.57. The number of carbonyl (C=O) groups excluding carboxylic acids is 1. The molecule has 5 aromatic rings. The number of H-pyrrole nitrogens is 1. The molecule has 0 unspecified atom stereocenters. The third-order valence-electron chi connectivity index (χ3n) is 5.52. The van der Waals surface area contributed by atoms with Gasteiger partial charge in [-0.15, -0.1) is 0 Å². The second-order valence-corrected chi connectivity index (χ2v) is 8.56. The molecule has 0 atom stereocenters. The highest BCUT2D eigenvalue weighted by Crippen LogP contribution is 2.33. The van der Waals surface area contributed by atoms with Crippen molar-refractivity contribution in [3.63, 3.8) is 0 Å². The normalized spacial score (nSPS) is 11.5. The average Bonchev–Trinajstić information content (AvgIpc) is 3.46. The summed E-state index contributed by atoms with van der Waals surface area (Å²) in [6.45, 7) is 2.41. The molecule has 0 spiro atoms. The van der Waals surface area contributed by atoms with E-state index in [1.807, 2.05) is 43.9 Å². The van der Waals surface area contributed by atoms with Crippen LogP contribution < -0.4 is 5.32 Å². The molecule has 0 aliphatic heterocycles. The zero-order valence-electron chi connectivity index (χ0n) is 17.4. The molecule has 1 aromatic carbocycles. The summed E-state index contributed by atoms with van der Waals surface area (Å²) in [6, 6.07) is 8.11. The molecule has 4 heterocycles. The fourth-order valence-electron chi connectivity index (χ4n) is 3.71. The molecule has 0 bridgehead atoms. The van der Waals surface area contributed by atoms with Crippen LogP contribution in [0.2, 0.25) is 0 Å². The van der Waals surface area contributed by atoms with Gasteiger partial charge in [-0.2, -0.15) is 10.2 Å². The first-order chi connectivity index (χ1) is 15.0. The molecule has 8 nitrogen and oxygen atoms in total. The Kier molecular flexibility index (Phi) is 4.74.